The first-order valence-corrected chi connectivity index (χ1v) is 9.97. The van der Waals surface area contributed by atoms with Crippen molar-refractivity contribution in [2.75, 3.05) is 6.54 Å². The van der Waals surface area contributed by atoms with Crippen LogP contribution in [-0.2, 0) is 42.8 Å². The van der Waals surface area contributed by atoms with Crippen molar-refractivity contribution in [2.45, 2.75) is 38.5 Å². The first-order chi connectivity index (χ1) is 16.6. The minimum absolute atomic E-state index is 0.732. The summed E-state index contributed by atoms with van der Waals surface area (Å²) in [5.74, 6) is -4.38. The van der Waals surface area contributed by atoms with Crippen LogP contribution in [0.5, 0.6) is 0 Å². The minimum Gasteiger partial charge on any atom is -0.475 e. The molecule has 0 spiro atoms. The molecule has 3 aromatic heterocycles. The van der Waals surface area contributed by atoms with E-state index in [0.717, 1.165) is 44.2 Å². The molecule has 0 aliphatic carbocycles. The average molecular weight is 525 g/mol. The van der Waals surface area contributed by atoms with Gasteiger partial charge in [0.2, 0.25) is 0 Å². The van der Waals surface area contributed by atoms with E-state index < -0.39 is 24.3 Å². The van der Waals surface area contributed by atoms with Gasteiger partial charge in [-0.05, 0) is 6.07 Å². The lowest BCUT2D eigenvalue weighted by Gasteiger charge is -2.26. The molecule has 17 heteroatoms. The van der Waals surface area contributed by atoms with Gasteiger partial charge in [-0.3, -0.25) is 14.3 Å². The topological polar surface area (TPSA) is 131 Å². The van der Waals surface area contributed by atoms with Gasteiger partial charge in [-0.15, -0.1) is 0 Å². The monoisotopic (exact) mass is 525 g/mol. The Kier molecular flexibility index (Phi) is 9.21. The molecule has 0 fully saturated rings. The summed E-state index contributed by atoms with van der Waals surface area (Å²) in [6, 6.07) is 1.94. The quantitative estimate of drug-likeness (QED) is 0.496. The summed E-state index contributed by atoms with van der Waals surface area (Å²) in [6.45, 7) is 4.57. The number of nitrogens with zero attached hydrogens (tertiary/aromatic N) is 7. The van der Waals surface area contributed by atoms with Crippen molar-refractivity contribution in [3.8, 4) is 0 Å². The number of carbonyl (C=O) groups is 2. The fourth-order valence-electron chi connectivity index (χ4n) is 2.94. The standard InChI is InChI=1S/C15H19N7.2C2HF3O2/c1-19-8-13(7-17-19)9-20-5-6-21-10-14(18-15(21)12-20)11-22-4-2-3-16-22;2*3-2(4,5)1(6)7/h2-4,7-8,10H,5-6,9,11-12H2,1H3;2*(H,6,7). The van der Waals surface area contributed by atoms with Gasteiger partial charge in [0, 0.05) is 57.0 Å². The van der Waals surface area contributed by atoms with Crippen molar-refractivity contribution < 1.29 is 46.1 Å². The third kappa shape index (κ3) is 9.05. The van der Waals surface area contributed by atoms with Gasteiger partial charge >= 0.3 is 24.3 Å². The van der Waals surface area contributed by atoms with Gasteiger partial charge in [0.15, 0.2) is 0 Å². The van der Waals surface area contributed by atoms with Crippen LogP contribution in [0.15, 0.2) is 37.1 Å². The van der Waals surface area contributed by atoms with Crippen molar-refractivity contribution >= 4 is 11.9 Å². The highest BCUT2D eigenvalue weighted by atomic mass is 19.4. The highest BCUT2D eigenvalue weighted by molar-refractivity contribution is 5.73. The number of carboxylic acids is 2. The molecular weight excluding hydrogens is 504 g/mol. The van der Waals surface area contributed by atoms with Crippen molar-refractivity contribution in [1.29, 1.82) is 0 Å². The number of carboxylic acid groups (broad SMARTS) is 2. The molecule has 11 nitrogen and oxygen atoms in total. The molecule has 0 amide bonds. The van der Waals surface area contributed by atoms with E-state index in [-0.39, 0.29) is 0 Å². The maximum absolute atomic E-state index is 10.6. The van der Waals surface area contributed by atoms with Gasteiger partial charge in [0.05, 0.1) is 25.0 Å². The Morgan fingerprint density at radius 3 is 2.06 bits per heavy atom. The summed E-state index contributed by atoms with van der Waals surface area (Å²) >= 11 is 0. The van der Waals surface area contributed by atoms with Crippen molar-refractivity contribution in [3.63, 3.8) is 0 Å². The maximum Gasteiger partial charge on any atom is 0.490 e. The highest BCUT2D eigenvalue weighted by Gasteiger charge is 2.38. The van der Waals surface area contributed by atoms with Crippen LogP contribution in [0, 0.1) is 0 Å². The van der Waals surface area contributed by atoms with Gasteiger partial charge in [0.1, 0.15) is 5.82 Å². The Morgan fingerprint density at radius 2 is 1.58 bits per heavy atom. The van der Waals surface area contributed by atoms with Crippen LogP contribution in [0.2, 0.25) is 0 Å². The molecule has 0 unspecified atom stereocenters. The van der Waals surface area contributed by atoms with Crippen LogP contribution in [-0.4, -0.2) is 75.1 Å². The summed E-state index contributed by atoms with van der Waals surface area (Å²) in [5, 5.41) is 22.7. The van der Waals surface area contributed by atoms with Crippen LogP contribution in [0.3, 0.4) is 0 Å². The number of aryl methyl sites for hydroxylation is 1. The van der Waals surface area contributed by atoms with E-state index in [2.05, 4.69) is 32.1 Å². The van der Waals surface area contributed by atoms with Crippen LogP contribution in [0.25, 0.3) is 0 Å². The molecule has 4 rings (SSSR count). The van der Waals surface area contributed by atoms with Crippen LogP contribution < -0.4 is 0 Å². The molecule has 0 aromatic carbocycles. The van der Waals surface area contributed by atoms with E-state index in [9.17, 15) is 26.3 Å². The van der Waals surface area contributed by atoms with Gasteiger partial charge in [-0.1, -0.05) is 0 Å². The number of imidazole rings is 1. The van der Waals surface area contributed by atoms with Gasteiger partial charge in [-0.25, -0.2) is 14.6 Å². The molecule has 198 valence electrons. The maximum atomic E-state index is 10.6. The second-order valence-corrected chi connectivity index (χ2v) is 7.38. The Hall–Kier alpha value is -3.89. The predicted octanol–water partition coefficient (Wildman–Crippen LogP) is 2.14. The minimum atomic E-state index is -5.08. The molecule has 36 heavy (non-hydrogen) atoms. The third-order valence-electron chi connectivity index (χ3n) is 4.46. The summed E-state index contributed by atoms with van der Waals surface area (Å²) < 4.78 is 69.5. The van der Waals surface area contributed by atoms with Crippen molar-refractivity contribution in [3.05, 3.63) is 54.1 Å². The summed E-state index contributed by atoms with van der Waals surface area (Å²) in [6.07, 6.45) is -0.245. The number of alkyl halides is 6. The molecule has 0 atom stereocenters. The lowest BCUT2D eigenvalue weighted by Crippen LogP contribution is -2.33. The molecule has 0 radical (unpaired) electrons. The molecule has 0 saturated carbocycles. The first kappa shape index (κ1) is 28.3. The van der Waals surface area contributed by atoms with Crippen molar-refractivity contribution in [1.82, 2.24) is 34.0 Å². The normalized spacial score (nSPS) is 13.6. The third-order valence-corrected chi connectivity index (χ3v) is 4.46. The molecule has 1 aliphatic rings. The van der Waals surface area contributed by atoms with Gasteiger partial charge < -0.3 is 14.8 Å². The fraction of sp³-hybridized carbons (Fsp3) is 0.421. The lowest BCUT2D eigenvalue weighted by molar-refractivity contribution is -0.193. The largest absolute Gasteiger partial charge is 0.490 e. The smallest absolute Gasteiger partial charge is 0.475 e. The molecule has 0 saturated heterocycles. The Balaban J connectivity index is 0.000000271. The summed E-state index contributed by atoms with van der Waals surface area (Å²) in [4.78, 5) is 25.0. The van der Waals surface area contributed by atoms with Gasteiger partial charge in [0.25, 0.3) is 0 Å². The van der Waals surface area contributed by atoms with Crippen molar-refractivity contribution in [2.24, 2.45) is 7.05 Å². The Labute approximate surface area is 199 Å². The van der Waals surface area contributed by atoms with E-state index >= 15 is 0 Å². The zero-order valence-corrected chi connectivity index (χ0v) is 18.6. The van der Waals surface area contributed by atoms with Gasteiger partial charge in [-0.2, -0.15) is 36.5 Å². The van der Waals surface area contributed by atoms with Crippen LogP contribution >= 0.6 is 0 Å². The number of aliphatic carboxylic acids is 2. The Bertz CT molecular complexity index is 1110. The summed E-state index contributed by atoms with van der Waals surface area (Å²) in [7, 11) is 1.95. The van der Waals surface area contributed by atoms with Crippen LogP contribution in [0.1, 0.15) is 17.1 Å². The molecule has 2 N–H and O–H groups in total. The van der Waals surface area contributed by atoms with E-state index in [1.165, 1.54) is 5.56 Å². The zero-order chi connectivity index (χ0) is 27.1. The second-order valence-electron chi connectivity index (χ2n) is 7.38. The molecule has 3 aromatic rings. The summed E-state index contributed by atoms with van der Waals surface area (Å²) in [5.41, 5.74) is 2.32. The zero-order valence-electron chi connectivity index (χ0n) is 18.6. The number of halogens is 6. The van der Waals surface area contributed by atoms with E-state index in [4.69, 9.17) is 24.8 Å². The highest BCUT2D eigenvalue weighted by Crippen LogP contribution is 2.16. The second kappa shape index (κ2) is 11.7. The number of hydrogen-bond donors (Lipinski definition) is 2. The first-order valence-electron chi connectivity index (χ1n) is 9.97. The number of aromatic nitrogens is 6. The predicted molar refractivity (Wildman–Crippen MR) is 108 cm³/mol. The van der Waals surface area contributed by atoms with Crippen LogP contribution in [0.4, 0.5) is 26.3 Å². The Morgan fingerprint density at radius 1 is 0.972 bits per heavy atom. The molecule has 4 heterocycles. The van der Waals surface area contributed by atoms with E-state index in [1.807, 2.05) is 34.9 Å². The molecule has 0 bridgehead atoms. The number of fused-ring (bicyclic) bond motifs is 1. The van der Waals surface area contributed by atoms with E-state index in [1.54, 1.807) is 6.20 Å². The van der Waals surface area contributed by atoms with E-state index in [0.29, 0.717) is 0 Å². The number of hydrogen-bond acceptors (Lipinski definition) is 6. The SMILES string of the molecule is Cn1cc(CN2CCn3cc(Cn4cccn4)nc3C2)cn1.O=C(O)C(F)(F)F.O=C(O)C(F)(F)F. The molecular formula is C19H21F6N7O4. The molecule has 1 aliphatic heterocycles. The average Bonchev–Trinajstić information content (AvgIpc) is 3.49. The number of rotatable bonds is 4. The fourth-order valence-corrected chi connectivity index (χ4v) is 2.94. The lowest BCUT2D eigenvalue weighted by atomic mass is 10.3.